The highest BCUT2D eigenvalue weighted by atomic mass is 35.5. The second-order valence-corrected chi connectivity index (χ2v) is 6.91. The van der Waals surface area contributed by atoms with Crippen LogP contribution < -0.4 is 10.1 Å². The van der Waals surface area contributed by atoms with Crippen molar-refractivity contribution in [3.63, 3.8) is 0 Å². The van der Waals surface area contributed by atoms with E-state index in [4.69, 9.17) is 32.4 Å². The number of benzene rings is 2. The summed E-state index contributed by atoms with van der Waals surface area (Å²) in [7, 11) is 0. The minimum Gasteiger partial charge on any atom is -0.481 e. The highest BCUT2D eigenvalue weighted by molar-refractivity contribution is 7.99. The molecule has 0 saturated heterocycles. The third-order valence-corrected chi connectivity index (χ3v) is 4.53. The van der Waals surface area contributed by atoms with Crippen LogP contribution in [0.2, 0.25) is 10.0 Å². The van der Waals surface area contributed by atoms with Crippen LogP contribution in [-0.2, 0) is 11.4 Å². The van der Waals surface area contributed by atoms with Gasteiger partial charge in [-0.2, -0.15) is 0 Å². The molecule has 140 valence electrons. The lowest BCUT2D eigenvalue weighted by molar-refractivity contribution is -0.113. The average Bonchev–Trinajstić information content (AvgIpc) is 3.10. The van der Waals surface area contributed by atoms with Gasteiger partial charge in [0.15, 0.2) is 18.2 Å². The van der Waals surface area contributed by atoms with E-state index in [1.165, 1.54) is 18.2 Å². The summed E-state index contributed by atoms with van der Waals surface area (Å²) in [6.45, 7) is -0.0823. The Bertz CT molecular complexity index is 955. The Morgan fingerprint density at radius 1 is 1.22 bits per heavy atom. The first kappa shape index (κ1) is 19.5. The molecule has 0 unspecified atom stereocenters. The molecule has 1 aromatic heterocycles. The van der Waals surface area contributed by atoms with E-state index in [1.807, 2.05) is 0 Å². The largest absolute Gasteiger partial charge is 0.481 e. The predicted molar refractivity (Wildman–Crippen MR) is 101 cm³/mol. The first-order chi connectivity index (χ1) is 13.0. The number of aromatic nitrogens is 2. The second kappa shape index (κ2) is 9.07. The molecule has 0 fully saturated rings. The lowest BCUT2D eigenvalue weighted by Crippen LogP contribution is -2.14. The number of carbonyl (C=O) groups is 1. The minimum absolute atomic E-state index is 0.0365. The Hall–Kier alpha value is -2.29. The van der Waals surface area contributed by atoms with Crippen LogP contribution in [-0.4, -0.2) is 21.9 Å². The van der Waals surface area contributed by atoms with Gasteiger partial charge >= 0.3 is 0 Å². The molecule has 1 amide bonds. The summed E-state index contributed by atoms with van der Waals surface area (Å²) in [6.07, 6.45) is 0. The quantitative estimate of drug-likeness (QED) is 0.544. The van der Waals surface area contributed by atoms with Crippen molar-refractivity contribution in [1.82, 2.24) is 10.2 Å². The summed E-state index contributed by atoms with van der Waals surface area (Å²) < 4.78 is 24.1. The first-order valence-electron chi connectivity index (χ1n) is 7.58. The summed E-state index contributed by atoms with van der Waals surface area (Å²) in [5.41, 5.74) is 0.455. The van der Waals surface area contributed by atoms with Crippen molar-refractivity contribution >= 4 is 46.6 Å². The highest BCUT2D eigenvalue weighted by Crippen LogP contribution is 2.26. The zero-order valence-electron chi connectivity index (χ0n) is 13.6. The topological polar surface area (TPSA) is 77.2 Å². The molecule has 0 spiro atoms. The molecule has 6 nitrogen and oxygen atoms in total. The lowest BCUT2D eigenvalue weighted by Gasteiger charge is -2.06. The van der Waals surface area contributed by atoms with Gasteiger partial charge in [-0.3, -0.25) is 4.79 Å². The number of amides is 1. The summed E-state index contributed by atoms with van der Waals surface area (Å²) in [5, 5.41) is 11.3. The van der Waals surface area contributed by atoms with Gasteiger partial charge in [0.25, 0.3) is 11.1 Å². The van der Waals surface area contributed by atoms with Gasteiger partial charge in [0.1, 0.15) is 0 Å². The fraction of sp³-hybridized carbons (Fsp3) is 0.118. The van der Waals surface area contributed by atoms with Gasteiger partial charge in [-0.25, -0.2) is 4.39 Å². The van der Waals surface area contributed by atoms with E-state index >= 15 is 0 Å². The van der Waals surface area contributed by atoms with E-state index < -0.39 is 5.82 Å². The summed E-state index contributed by atoms with van der Waals surface area (Å²) >= 11 is 12.9. The van der Waals surface area contributed by atoms with E-state index in [0.29, 0.717) is 15.7 Å². The summed E-state index contributed by atoms with van der Waals surface area (Å²) in [5.74, 6) is -0.490. The zero-order valence-corrected chi connectivity index (χ0v) is 15.9. The standard InChI is InChI=1S/C17H12Cl2FN3O3S/c18-10-5-6-13(11(19)7-10)21-15(24)9-27-17-23-22-16(26-17)8-25-14-4-2-1-3-12(14)20/h1-7H,8-9H2,(H,21,24). The molecule has 0 aliphatic heterocycles. The van der Waals surface area contributed by atoms with Gasteiger partial charge < -0.3 is 14.5 Å². The number of hydrogen-bond acceptors (Lipinski definition) is 6. The van der Waals surface area contributed by atoms with Gasteiger partial charge in [-0.15, -0.1) is 10.2 Å². The van der Waals surface area contributed by atoms with Crippen LogP contribution in [0.1, 0.15) is 5.89 Å². The van der Waals surface area contributed by atoms with Crippen molar-refractivity contribution in [2.45, 2.75) is 11.8 Å². The van der Waals surface area contributed by atoms with Crippen molar-refractivity contribution in [2.24, 2.45) is 0 Å². The number of carbonyl (C=O) groups excluding carboxylic acids is 1. The SMILES string of the molecule is O=C(CSc1nnc(COc2ccccc2F)o1)Nc1ccc(Cl)cc1Cl. The third kappa shape index (κ3) is 5.59. The van der Waals surface area contributed by atoms with Crippen LogP contribution in [0.15, 0.2) is 52.1 Å². The molecular formula is C17H12Cl2FN3O3S. The number of thioether (sulfide) groups is 1. The van der Waals surface area contributed by atoms with E-state index in [0.717, 1.165) is 11.8 Å². The zero-order chi connectivity index (χ0) is 19.2. The van der Waals surface area contributed by atoms with Crippen LogP contribution in [0.25, 0.3) is 0 Å². The smallest absolute Gasteiger partial charge is 0.277 e. The minimum atomic E-state index is -0.482. The average molecular weight is 428 g/mol. The van der Waals surface area contributed by atoms with Gasteiger partial charge in [0.2, 0.25) is 5.91 Å². The molecule has 3 aromatic rings. The predicted octanol–water partition coefficient (Wildman–Crippen LogP) is 4.83. The van der Waals surface area contributed by atoms with E-state index in [9.17, 15) is 9.18 Å². The van der Waals surface area contributed by atoms with Crippen LogP contribution in [0.4, 0.5) is 10.1 Å². The van der Waals surface area contributed by atoms with Gasteiger partial charge in [0, 0.05) is 5.02 Å². The summed E-state index contributed by atoms with van der Waals surface area (Å²) in [4.78, 5) is 12.0. The Morgan fingerprint density at radius 2 is 2.04 bits per heavy atom. The Labute approximate surface area is 168 Å². The molecule has 2 aromatic carbocycles. The maximum Gasteiger partial charge on any atom is 0.277 e. The van der Waals surface area contributed by atoms with E-state index in [-0.39, 0.29) is 35.1 Å². The Kier molecular flexibility index (Phi) is 6.54. The third-order valence-electron chi connectivity index (χ3n) is 3.17. The molecule has 1 heterocycles. The Morgan fingerprint density at radius 3 is 2.81 bits per heavy atom. The van der Waals surface area contributed by atoms with Crippen molar-refractivity contribution < 1.29 is 18.3 Å². The molecule has 0 radical (unpaired) electrons. The molecule has 0 bridgehead atoms. The van der Waals surface area contributed by atoms with Crippen LogP contribution in [0, 0.1) is 5.82 Å². The lowest BCUT2D eigenvalue weighted by atomic mass is 10.3. The molecular weight excluding hydrogens is 416 g/mol. The second-order valence-electron chi connectivity index (χ2n) is 5.14. The van der Waals surface area contributed by atoms with Crippen LogP contribution >= 0.6 is 35.0 Å². The van der Waals surface area contributed by atoms with Crippen molar-refractivity contribution in [2.75, 3.05) is 11.1 Å². The number of nitrogens with one attached hydrogen (secondary N) is 1. The number of anilines is 1. The molecule has 0 atom stereocenters. The molecule has 27 heavy (non-hydrogen) atoms. The van der Waals surface area contributed by atoms with Crippen LogP contribution in [0.5, 0.6) is 5.75 Å². The monoisotopic (exact) mass is 427 g/mol. The fourth-order valence-electron chi connectivity index (χ4n) is 1.96. The molecule has 1 N–H and O–H groups in total. The molecule has 0 saturated carbocycles. The van der Waals surface area contributed by atoms with Crippen molar-refractivity contribution in [3.05, 3.63) is 64.2 Å². The number of nitrogens with zero attached hydrogens (tertiary/aromatic N) is 2. The van der Waals surface area contributed by atoms with Crippen molar-refractivity contribution in [3.8, 4) is 5.75 Å². The van der Waals surface area contributed by atoms with Crippen LogP contribution in [0.3, 0.4) is 0 Å². The fourth-order valence-corrected chi connectivity index (χ4v) is 3.00. The maximum absolute atomic E-state index is 13.5. The van der Waals surface area contributed by atoms with Gasteiger partial charge in [-0.05, 0) is 30.3 Å². The highest BCUT2D eigenvalue weighted by Gasteiger charge is 2.12. The van der Waals surface area contributed by atoms with E-state index in [2.05, 4.69) is 15.5 Å². The summed E-state index contributed by atoms with van der Waals surface area (Å²) in [6, 6.07) is 10.8. The number of rotatable bonds is 7. The molecule has 10 heteroatoms. The Balaban J connectivity index is 1.49. The number of para-hydroxylation sites is 1. The number of halogens is 3. The number of ether oxygens (including phenoxy) is 1. The number of hydrogen-bond donors (Lipinski definition) is 1. The normalized spacial score (nSPS) is 10.6. The van der Waals surface area contributed by atoms with Crippen molar-refractivity contribution in [1.29, 1.82) is 0 Å². The maximum atomic E-state index is 13.5. The van der Waals surface area contributed by atoms with E-state index in [1.54, 1.807) is 24.3 Å². The first-order valence-corrected chi connectivity index (χ1v) is 9.33. The van der Waals surface area contributed by atoms with Gasteiger partial charge in [0.05, 0.1) is 16.5 Å². The molecule has 0 aliphatic carbocycles. The molecule has 0 aliphatic rings. The molecule has 3 rings (SSSR count). The van der Waals surface area contributed by atoms with Gasteiger partial charge in [-0.1, -0.05) is 47.1 Å².